The lowest BCUT2D eigenvalue weighted by Crippen LogP contribution is -2.28. The zero-order valence-corrected chi connectivity index (χ0v) is 11.8. The minimum absolute atomic E-state index is 0.272. The SMILES string of the molecule is O=S(=O)(c1cccnc1)N1CCC(c2ccccc2)C1. The molecule has 1 aliphatic rings. The van der Waals surface area contributed by atoms with Gasteiger partial charge in [0.2, 0.25) is 10.0 Å². The quantitative estimate of drug-likeness (QED) is 0.870. The molecule has 1 saturated heterocycles. The largest absolute Gasteiger partial charge is 0.263 e. The summed E-state index contributed by atoms with van der Waals surface area (Å²) in [5, 5.41) is 0. The molecule has 20 heavy (non-hydrogen) atoms. The average Bonchev–Trinajstić information content (AvgIpc) is 3.00. The predicted molar refractivity (Wildman–Crippen MR) is 76.8 cm³/mol. The number of rotatable bonds is 3. The van der Waals surface area contributed by atoms with Crippen LogP contribution in [0.2, 0.25) is 0 Å². The molecule has 104 valence electrons. The minimum Gasteiger partial charge on any atom is -0.263 e. The van der Waals surface area contributed by atoms with Crippen LogP contribution in [0.4, 0.5) is 0 Å². The van der Waals surface area contributed by atoms with Crippen molar-refractivity contribution in [1.82, 2.24) is 9.29 Å². The average molecular weight is 288 g/mol. The van der Waals surface area contributed by atoms with Gasteiger partial charge in [0.05, 0.1) is 0 Å². The Morgan fingerprint density at radius 2 is 1.90 bits per heavy atom. The first kappa shape index (κ1) is 13.3. The summed E-state index contributed by atoms with van der Waals surface area (Å²) < 4.78 is 26.6. The third-order valence-corrected chi connectivity index (χ3v) is 5.54. The minimum atomic E-state index is -3.41. The molecular weight excluding hydrogens is 272 g/mol. The van der Waals surface area contributed by atoms with Gasteiger partial charge in [-0.15, -0.1) is 0 Å². The maximum atomic E-state index is 12.5. The molecule has 1 aliphatic heterocycles. The van der Waals surface area contributed by atoms with Crippen LogP contribution in [-0.2, 0) is 10.0 Å². The van der Waals surface area contributed by atoms with Gasteiger partial charge in [0.25, 0.3) is 0 Å². The van der Waals surface area contributed by atoms with E-state index in [1.54, 1.807) is 22.6 Å². The summed E-state index contributed by atoms with van der Waals surface area (Å²) in [6.07, 6.45) is 3.85. The second-order valence-electron chi connectivity index (χ2n) is 4.95. The van der Waals surface area contributed by atoms with Crippen LogP contribution < -0.4 is 0 Å². The van der Waals surface area contributed by atoms with Crippen LogP contribution in [0.1, 0.15) is 17.9 Å². The number of benzene rings is 1. The fourth-order valence-electron chi connectivity index (χ4n) is 2.59. The van der Waals surface area contributed by atoms with Gasteiger partial charge < -0.3 is 0 Å². The summed E-state index contributed by atoms with van der Waals surface area (Å²) in [6.45, 7) is 1.11. The van der Waals surface area contributed by atoms with E-state index in [1.807, 2.05) is 18.2 Å². The number of sulfonamides is 1. The molecular formula is C15H16N2O2S. The Balaban J connectivity index is 1.81. The number of hydrogen-bond donors (Lipinski definition) is 0. The van der Waals surface area contributed by atoms with Crippen molar-refractivity contribution in [2.24, 2.45) is 0 Å². The van der Waals surface area contributed by atoms with Gasteiger partial charge in [-0.05, 0) is 30.0 Å². The van der Waals surface area contributed by atoms with E-state index in [1.165, 1.54) is 11.8 Å². The molecule has 1 fully saturated rings. The molecule has 0 radical (unpaired) electrons. The van der Waals surface area contributed by atoms with Crippen molar-refractivity contribution >= 4 is 10.0 Å². The molecule has 1 unspecified atom stereocenters. The smallest absolute Gasteiger partial charge is 0.244 e. The first-order chi connectivity index (χ1) is 9.68. The summed E-state index contributed by atoms with van der Waals surface area (Å²) in [5.74, 6) is 0.280. The van der Waals surface area contributed by atoms with E-state index < -0.39 is 10.0 Å². The summed E-state index contributed by atoms with van der Waals surface area (Å²) in [5.41, 5.74) is 1.20. The summed E-state index contributed by atoms with van der Waals surface area (Å²) >= 11 is 0. The van der Waals surface area contributed by atoms with Gasteiger partial charge in [0, 0.05) is 25.5 Å². The predicted octanol–water partition coefficient (Wildman–Crippen LogP) is 2.26. The molecule has 0 N–H and O–H groups in total. The van der Waals surface area contributed by atoms with Crippen molar-refractivity contribution in [2.75, 3.05) is 13.1 Å². The zero-order valence-electron chi connectivity index (χ0n) is 11.0. The number of pyridine rings is 1. The molecule has 0 spiro atoms. The van der Waals surface area contributed by atoms with E-state index in [9.17, 15) is 8.42 Å². The molecule has 5 heteroatoms. The molecule has 0 saturated carbocycles. The second kappa shape index (κ2) is 5.34. The van der Waals surface area contributed by atoms with Crippen LogP contribution in [0.15, 0.2) is 59.8 Å². The van der Waals surface area contributed by atoms with Gasteiger partial charge in [-0.3, -0.25) is 4.98 Å². The molecule has 0 bridgehead atoms. The second-order valence-corrected chi connectivity index (χ2v) is 6.89. The van der Waals surface area contributed by atoms with E-state index in [4.69, 9.17) is 0 Å². The van der Waals surface area contributed by atoms with Crippen molar-refractivity contribution in [3.05, 3.63) is 60.4 Å². The lowest BCUT2D eigenvalue weighted by molar-refractivity contribution is 0.472. The summed E-state index contributed by atoms with van der Waals surface area (Å²) in [6, 6.07) is 13.3. The Hall–Kier alpha value is -1.72. The first-order valence-corrected chi connectivity index (χ1v) is 8.07. The molecule has 2 aromatic rings. The molecule has 3 rings (SSSR count). The molecule has 1 aromatic carbocycles. The highest BCUT2D eigenvalue weighted by atomic mass is 32.2. The van der Waals surface area contributed by atoms with Gasteiger partial charge >= 0.3 is 0 Å². The third kappa shape index (κ3) is 2.46. The van der Waals surface area contributed by atoms with Crippen molar-refractivity contribution in [3.63, 3.8) is 0 Å². The van der Waals surface area contributed by atoms with Crippen LogP contribution in [0, 0.1) is 0 Å². The normalized spacial score (nSPS) is 20.1. The number of aromatic nitrogens is 1. The number of hydrogen-bond acceptors (Lipinski definition) is 3. The van der Waals surface area contributed by atoms with E-state index in [0.29, 0.717) is 13.1 Å². The van der Waals surface area contributed by atoms with Gasteiger partial charge in [0.1, 0.15) is 4.90 Å². The highest BCUT2D eigenvalue weighted by Crippen LogP contribution is 2.30. The van der Waals surface area contributed by atoms with Crippen molar-refractivity contribution in [3.8, 4) is 0 Å². The van der Waals surface area contributed by atoms with E-state index in [2.05, 4.69) is 17.1 Å². The van der Waals surface area contributed by atoms with Crippen molar-refractivity contribution in [2.45, 2.75) is 17.2 Å². The molecule has 0 aliphatic carbocycles. The third-order valence-electron chi connectivity index (χ3n) is 3.69. The van der Waals surface area contributed by atoms with Gasteiger partial charge in [-0.2, -0.15) is 4.31 Å². The fraction of sp³-hybridized carbons (Fsp3) is 0.267. The van der Waals surface area contributed by atoms with Crippen molar-refractivity contribution in [1.29, 1.82) is 0 Å². The molecule has 1 atom stereocenters. The molecule has 1 aromatic heterocycles. The van der Waals surface area contributed by atoms with Gasteiger partial charge in [0.15, 0.2) is 0 Å². The Kier molecular flexibility index (Phi) is 3.54. The van der Waals surface area contributed by atoms with Crippen LogP contribution in [-0.4, -0.2) is 30.8 Å². The first-order valence-electron chi connectivity index (χ1n) is 6.63. The van der Waals surface area contributed by atoms with E-state index >= 15 is 0 Å². The topological polar surface area (TPSA) is 50.3 Å². The molecule has 0 amide bonds. The van der Waals surface area contributed by atoms with Gasteiger partial charge in [-0.25, -0.2) is 8.42 Å². The Morgan fingerprint density at radius 3 is 2.60 bits per heavy atom. The lowest BCUT2D eigenvalue weighted by Gasteiger charge is -2.16. The zero-order chi connectivity index (χ0) is 14.0. The fourth-order valence-corrected chi connectivity index (χ4v) is 4.06. The van der Waals surface area contributed by atoms with Crippen LogP contribution in [0.25, 0.3) is 0 Å². The van der Waals surface area contributed by atoms with Crippen LogP contribution in [0.5, 0.6) is 0 Å². The highest BCUT2D eigenvalue weighted by molar-refractivity contribution is 7.89. The maximum absolute atomic E-state index is 12.5. The molecule has 4 nitrogen and oxygen atoms in total. The summed E-state index contributed by atoms with van der Waals surface area (Å²) in [4.78, 5) is 4.17. The van der Waals surface area contributed by atoms with E-state index in [0.717, 1.165) is 6.42 Å². The molecule has 2 heterocycles. The Bertz CT molecular complexity index is 672. The lowest BCUT2D eigenvalue weighted by atomic mass is 9.99. The van der Waals surface area contributed by atoms with Crippen LogP contribution >= 0.6 is 0 Å². The standard InChI is InChI=1S/C15H16N2O2S/c18-20(19,15-7-4-9-16-11-15)17-10-8-14(12-17)13-5-2-1-3-6-13/h1-7,9,11,14H,8,10,12H2. The summed E-state index contributed by atoms with van der Waals surface area (Å²) in [7, 11) is -3.41. The van der Waals surface area contributed by atoms with E-state index in [-0.39, 0.29) is 10.8 Å². The monoisotopic (exact) mass is 288 g/mol. The van der Waals surface area contributed by atoms with Gasteiger partial charge in [-0.1, -0.05) is 30.3 Å². The number of nitrogens with zero attached hydrogens (tertiary/aromatic N) is 2. The maximum Gasteiger partial charge on any atom is 0.244 e. The van der Waals surface area contributed by atoms with Crippen molar-refractivity contribution < 1.29 is 8.42 Å². The highest BCUT2D eigenvalue weighted by Gasteiger charge is 2.33. The Labute approximate surface area is 119 Å². The van der Waals surface area contributed by atoms with Crippen LogP contribution in [0.3, 0.4) is 0 Å². The Morgan fingerprint density at radius 1 is 1.10 bits per heavy atom.